The van der Waals surface area contributed by atoms with Crippen LogP contribution in [0.2, 0.25) is 0 Å². The number of hydrogen-bond acceptors (Lipinski definition) is 2. The van der Waals surface area contributed by atoms with Gasteiger partial charge in [0.05, 0.1) is 0 Å². The lowest BCUT2D eigenvalue weighted by molar-refractivity contribution is -0.134. The predicted molar refractivity (Wildman–Crippen MR) is 318 cm³/mol. The summed E-state index contributed by atoms with van der Waals surface area (Å²) < 4.78 is 5.77. The summed E-state index contributed by atoms with van der Waals surface area (Å²) in [5, 5.41) is 0. The molecule has 0 saturated carbocycles. The van der Waals surface area contributed by atoms with E-state index >= 15 is 0 Å². The summed E-state index contributed by atoms with van der Waals surface area (Å²) in [4.78, 5) is 11.6. The summed E-state index contributed by atoms with van der Waals surface area (Å²) in [7, 11) is 0. The largest absolute Gasteiger partial charge is 0.465 e. The standard InChI is InChI=1S/C68H136O2/c1-5-9-13-17-21-25-29-33-37-41-45-49-57-66(58-50-46-42-38-34-30-26-22-18-14-10-6-2)61-53-55-63-68(70-65-69)64-56-54-62-67(59-51-47-43-39-35-31-27-23-19-15-11-7-3)60-52-48-44-40-36-32-28-24-20-16-12-8-4/h65-68H,5-64H2,1-4H3. The summed E-state index contributed by atoms with van der Waals surface area (Å²) >= 11 is 0. The fraction of sp³-hybridized carbons (Fsp3) is 0.985. The van der Waals surface area contributed by atoms with Crippen LogP contribution < -0.4 is 0 Å². The molecule has 0 unspecified atom stereocenters. The van der Waals surface area contributed by atoms with Gasteiger partial charge in [-0.25, -0.2) is 0 Å². The highest BCUT2D eigenvalue weighted by Gasteiger charge is 2.14. The average molecular weight is 986 g/mol. The van der Waals surface area contributed by atoms with Crippen molar-refractivity contribution < 1.29 is 9.53 Å². The molecule has 2 heteroatoms. The van der Waals surface area contributed by atoms with Crippen LogP contribution in [0.5, 0.6) is 0 Å². The number of unbranched alkanes of at least 4 members (excludes halogenated alkanes) is 46. The highest BCUT2D eigenvalue weighted by atomic mass is 16.5. The van der Waals surface area contributed by atoms with E-state index in [1.807, 2.05) is 0 Å². The van der Waals surface area contributed by atoms with Crippen LogP contribution >= 0.6 is 0 Å². The van der Waals surface area contributed by atoms with Gasteiger partial charge in [0.2, 0.25) is 0 Å². The number of ether oxygens (including phenoxy) is 1. The van der Waals surface area contributed by atoms with Crippen molar-refractivity contribution in [3.63, 3.8) is 0 Å². The van der Waals surface area contributed by atoms with Crippen molar-refractivity contribution >= 4 is 6.47 Å². The third-order valence-corrected chi connectivity index (χ3v) is 16.9. The van der Waals surface area contributed by atoms with Crippen molar-refractivity contribution in [3.8, 4) is 0 Å². The lowest BCUT2D eigenvalue weighted by atomic mass is 9.88. The summed E-state index contributed by atoms with van der Waals surface area (Å²) in [5.74, 6) is 1.81. The van der Waals surface area contributed by atoms with Crippen LogP contribution in [0, 0.1) is 11.8 Å². The molecule has 0 aromatic heterocycles. The first-order valence-electron chi connectivity index (χ1n) is 33.8. The first kappa shape index (κ1) is 69.5. The Hall–Kier alpha value is -0.530. The fourth-order valence-electron chi connectivity index (χ4n) is 11.9. The quantitative estimate of drug-likeness (QED) is 0.0448. The highest BCUT2D eigenvalue weighted by Crippen LogP contribution is 2.28. The Balaban J connectivity index is 4.73. The molecule has 0 aliphatic heterocycles. The van der Waals surface area contributed by atoms with Crippen LogP contribution in [-0.4, -0.2) is 12.6 Å². The molecule has 0 aliphatic carbocycles. The van der Waals surface area contributed by atoms with E-state index in [4.69, 9.17) is 4.74 Å². The van der Waals surface area contributed by atoms with Crippen molar-refractivity contribution in [2.24, 2.45) is 11.8 Å². The van der Waals surface area contributed by atoms with Gasteiger partial charge >= 0.3 is 0 Å². The topological polar surface area (TPSA) is 26.3 Å². The van der Waals surface area contributed by atoms with Crippen LogP contribution in [0.4, 0.5) is 0 Å². The lowest BCUT2D eigenvalue weighted by Gasteiger charge is -2.20. The molecule has 0 heterocycles. The van der Waals surface area contributed by atoms with Crippen molar-refractivity contribution in [1.82, 2.24) is 0 Å². The predicted octanol–water partition coefficient (Wildman–Crippen LogP) is 25.2. The van der Waals surface area contributed by atoms with Gasteiger partial charge in [-0.05, 0) is 37.5 Å². The van der Waals surface area contributed by atoms with Gasteiger partial charge in [-0.15, -0.1) is 0 Å². The molecule has 0 spiro atoms. The Morgan fingerprint density at radius 1 is 0.214 bits per heavy atom. The Kier molecular flexibility index (Phi) is 62.3. The third kappa shape index (κ3) is 56.8. The Morgan fingerprint density at radius 2 is 0.357 bits per heavy atom. The average Bonchev–Trinajstić information content (AvgIpc) is 3.37. The van der Waals surface area contributed by atoms with Gasteiger partial charge in [-0.3, -0.25) is 4.79 Å². The molecule has 0 aliphatic rings. The van der Waals surface area contributed by atoms with Crippen molar-refractivity contribution in [1.29, 1.82) is 0 Å². The van der Waals surface area contributed by atoms with E-state index in [0.29, 0.717) is 0 Å². The fourth-order valence-corrected chi connectivity index (χ4v) is 11.9. The van der Waals surface area contributed by atoms with Crippen LogP contribution in [0.1, 0.15) is 413 Å². The van der Waals surface area contributed by atoms with Gasteiger partial charge in [-0.1, -0.05) is 387 Å². The molecule has 70 heavy (non-hydrogen) atoms. The molecule has 0 saturated heterocycles. The van der Waals surface area contributed by atoms with Crippen LogP contribution in [0.25, 0.3) is 0 Å². The van der Waals surface area contributed by atoms with E-state index in [1.54, 1.807) is 0 Å². The summed E-state index contributed by atoms with van der Waals surface area (Å²) in [6.07, 6.45) is 85.2. The van der Waals surface area contributed by atoms with E-state index in [9.17, 15) is 4.79 Å². The number of rotatable bonds is 64. The van der Waals surface area contributed by atoms with E-state index < -0.39 is 0 Å². The van der Waals surface area contributed by atoms with E-state index in [1.165, 1.54) is 372 Å². The molecule has 420 valence electrons. The maximum atomic E-state index is 11.6. The van der Waals surface area contributed by atoms with Gasteiger partial charge in [0.25, 0.3) is 6.47 Å². The van der Waals surface area contributed by atoms with Gasteiger partial charge in [0.1, 0.15) is 6.10 Å². The molecule has 0 aromatic carbocycles. The molecule has 0 aromatic rings. The van der Waals surface area contributed by atoms with Crippen molar-refractivity contribution in [3.05, 3.63) is 0 Å². The molecule has 0 fully saturated rings. The summed E-state index contributed by atoms with van der Waals surface area (Å²) in [6, 6.07) is 0. The maximum absolute atomic E-state index is 11.6. The second kappa shape index (κ2) is 62.8. The summed E-state index contributed by atoms with van der Waals surface area (Å²) in [5.41, 5.74) is 0. The van der Waals surface area contributed by atoms with E-state index in [0.717, 1.165) is 31.1 Å². The number of hydrogen-bond donors (Lipinski definition) is 0. The molecule has 0 rings (SSSR count). The smallest absolute Gasteiger partial charge is 0.293 e. The molecule has 0 atom stereocenters. The monoisotopic (exact) mass is 985 g/mol. The number of carbonyl (C=O) groups is 1. The molecular weight excluding hydrogens is 849 g/mol. The van der Waals surface area contributed by atoms with Crippen molar-refractivity contribution in [2.45, 2.75) is 419 Å². The van der Waals surface area contributed by atoms with Crippen LogP contribution in [0.3, 0.4) is 0 Å². The Morgan fingerprint density at radius 3 is 0.529 bits per heavy atom. The zero-order valence-corrected chi connectivity index (χ0v) is 49.6. The first-order chi connectivity index (χ1) is 34.7. The second-order valence-corrected chi connectivity index (χ2v) is 23.9. The summed E-state index contributed by atoms with van der Waals surface area (Å²) in [6.45, 7) is 10.0. The Labute approximate surface area is 444 Å². The second-order valence-electron chi connectivity index (χ2n) is 23.9. The minimum absolute atomic E-state index is 0.134. The molecule has 0 amide bonds. The van der Waals surface area contributed by atoms with Gasteiger partial charge < -0.3 is 4.74 Å². The number of carbonyl (C=O) groups excluding carboxylic acids is 1. The minimum Gasteiger partial charge on any atom is -0.465 e. The van der Waals surface area contributed by atoms with Crippen LogP contribution in [0.15, 0.2) is 0 Å². The maximum Gasteiger partial charge on any atom is 0.293 e. The normalized spacial score (nSPS) is 11.9. The molecule has 0 bridgehead atoms. The highest BCUT2D eigenvalue weighted by molar-refractivity contribution is 5.37. The van der Waals surface area contributed by atoms with E-state index in [-0.39, 0.29) is 6.10 Å². The van der Waals surface area contributed by atoms with Gasteiger partial charge in [0.15, 0.2) is 0 Å². The Bertz CT molecular complexity index is 791. The van der Waals surface area contributed by atoms with Crippen LogP contribution in [-0.2, 0) is 9.53 Å². The SMILES string of the molecule is CCCCCCCCCCCCCCC(CCCCCCCCCCCCCC)CCCCC(CCCCC(CCCCCCCCCCCCCC)CCCCCCCCCCCCCC)OC=O. The molecular formula is C68H136O2. The first-order valence-corrected chi connectivity index (χ1v) is 33.8. The third-order valence-electron chi connectivity index (χ3n) is 16.9. The van der Waals surface area contributed by atoms with Gasteiger partial charge in [-0.2, -0.15) is 0 Å². The molecule has 0 N–H and O–H groups in total. The molecule has 2 nitrogen and oxygen atoms in total. The zero-order chi connectivity index (χ0) is 50.6. The lowest BCUT2D eigenvalue weighted by Crippen LogP contribution is -2.13. The minimum atomic E-state index is 0.134. The van der Waals surface area contributed by atoms with E-state index in [2.05, 4.69) is 27.7 Å². The molecule has 0 radical (unpaired) electrons. The zero-order valence-electron chi connectivity index (χ0n) is 49.6. The van der Waals surface area contributed by atoms with Crippen molar-refractivity contribution in [2.75, 3.05) is 0 Å². The van der Waals surface area contributed by atoms with Gasteiger partial charge in [0, 0.05) is 0 Å².